The van der Waals surface area contributed by atoms with Gasteiger partial charge in [-0.3, -0.25) is 4.90 Å². The molecule has 3 rings (SSSR count). The van der Waals surface area contributed by atoms with E-state index in [1.165, 1.54) is 58.3 Å². The molecule has 3 aliphatic heterocycles. The molecule has 0 saturated carbocycles. The fourth-order valence-electron chi connectivity index (χ4n) is 3.78. The summed E-state index contributed by atoms with van der Waals surface area (Å²) in [7, 11) is 2.27. The summed E-state index contributed by atoms with van der Waals surface area (Å²) in [4.78, 5) is 5.26. The van der Waals surface area contributed by atoms with Gasteiger partial charge in [-0.1, -0.05) is 0 Å². The highest BCUT2D eigenvalue weighted by atomic mass is 15.2. The zero-order valence-electron chi connectivity index (χ0n) is 9.34. The Kier molecular flexibility index (Phi) is 2.10. The lowest BCUT2D eigenvalue weighted by Gasteiger charge is -2.38. The molecule has 2 heteroatoms. The van der Waals surface area contributed by atoms with E-state index in [9.17, 15) is 0 Å². The lowest BCUT2D eigenvalue weighted by Crippen LogP contribution is -2.39. The minimum atomic E-state index is 0.734. The van der Waals surface area contributed by atoms with Gasteiger partial charge in [-0.05, 0) is 64.2 Å². The fraction of sp³-hybridized carbons (Fsp3) is 1.00. The third-order valence-electron chi connectivity index (χ3n) is 4.75. The summed E-state index contributed by atoms with van der Waals surface area (Å²) in [6, 6.07) is 0.971. The van der Waals surface area contributed by atoms with E-state index in [0.717, 1.165) is 11.5 Å². The van der Waals surface area contributed by atoms with Gasteiger partial charge in [-0.15, -0.1) is 0 Å². The molecule has 2 nitrogen and oxygen atoms in total. The number of likely N-dealkylation sites (tertiary alicyclic amines) is 1. The van der Waals surface area contributed by atoms with Crippen molar-refractivity contribution < 1.29 is 0 Å². The number of nitrogens with zero attached hydrogens (tertiary/aromatic N) is 2. The standard InChI is InChI=1S/C12H22N2/c1-13-7-4-12(5-8-13)9-11-3-2-6-14(11)10-12/h11H,2-10H2,1H3. The average Bonchev–Trinajstić information content (AvgIpc) is 2.69. The highest BCUT2D eigenvalue weighted by Gasteiger charge is 2.46. The normalized spacial score (nSPS) is 37.9. The number of fused-ring (bicyclic) bond motifs is 1. The van der Waals surface area contributed by atoms with Crippen LogP contribution >= 0.6 is 0 Å². The quantitative estimate of drug-likeness (QED) is 0.577. The van der Waals surface area contributed by atoms with E-state index in [1.54, 1.807) is 0 Å². The predicted octanol–water partition coefficient (Wildman–Crippen LogP) is 1.57. The Labute approximate surface area is 87.3 Å². The lowest BCUT2D eigenvalue weighted by molar-refractivity contribution is 0.126. The van der Waals surface area contributed by atoms with Crippen LogP contribution in [0.2, 0.25) is 0 Å². The van der Waals surface area contributed by atoms with E-state index in [0.29, 0.717) is 0 Å². The summed E-state index contributed by atoms with van der Waals surface area (Å²) in [6.07, 6.45) is 7.37. The second-order valence-corrected chi connectivity index (χ2v) is 5.77. The van der Waals surface area contributed by atoms with Crippen molar-refractivity contribution in [2.45, 2.75) is 38.1 Å². The molecule has 0 aliphatic carbocycles. The average molecular weight is 194 g/mol. The van der Waals surface area contributed by atoms with E-state index >= 15 is 0 Å². The minimum Gasteiger partial charge on any atom is -0.306 e. The molecule has 3 saturated heterocycles. The molecule has 0 amide bonds. The van der Waals surface area contributed by atoms with E-state index in [4.69, 9.17) is 0 Å². The Morgan fingerprint density at radius 2 is 1.93 bits per heavy atom. The van der Waals surface area contributed by atoms with Gasteiger partial charge >= 0.3 is 0 Å². The van der Waals surface area contributed by atoms with Gasteiger partial charge in [-0.2, -0.15) is 0 Å². The van der Waals surface area contributed by atoms with Gasteiger partial charge < -0.3 is 4.90 Å². The maximum atomic E-state index is 2.77. The molecule has 0 N–H and O–H groups in total. The van der Waals surface area contributed by atoms with Gasteiger partial charge in [0, 0.05) is 12.6 Å². The van der Waals surface area contributed by atoms with Crippen molar-refractivity contribution in [3.05, 3.63) is 0 Å². The lowest BCUT2D eigenvalue weighted by atomic mass is 9.76. The number of piperidine rings is 1. The SMILES string of the molecule is CN1CCC2(CC1)CC1CCCN1C2. The second-order valence-electron chi connectivity index (χ2n) is 5.77. The van der Waals surface area contributed by atoms with Crippen molar-refractivity contribution in [2.24, 2.45) is 5.41 Å². The fourth-order valence-corrected chi connectivity index (χ4v) is 3.78. The van der Waals surface area contributed by atoms with Crippen molar-refractivity contribution in [1.29, 1.82) is 0 Å². The molecule has 0 aromatic heterocycles. The molecular weight excluding hydrogens is 172 g/mol. The number of hydrogen-bond donors (Lipinski definition) is 0. The van der Waals surface area contributed by atoms with Gasteiger partial charge in [0.25, 0.3) is 0 Å². The van der Waals surface area contributed by atoms with Gasteiger partial charge in [0.2, 0.25) is 0 Å². The third kappa shape index (κ3) is 1.40. The molecule has 0 radical (unpaired) electrons. The summed E-state index contributed by atoms with van der Waals surface area (Å²) < 4.78 is 0. The van der Waals surface area contributed by atoms with Crippen LogP contribution in [0.1, 0.15) is 32.1 Å². The highest BCUT2D eigenvalue weighted by molar-refractivity contribution is 5.00. The molecule has 0 bridgehead atoms. The zero-order valence-corrected chi connectivity index (χ0v) is 9.34. The molecule has 80 valence electrons. The molecule has 14 heavy (non-hydrogen) atoms. The second kappa shape index (κ2) is 3.21. The van der Waals surface area contributed by atoms with Crippen molar-refractivity contribution >= 4 is 0 Å². The van der Waals surface area contributed by atoms with Crippen LogP contribution in [-0.2, 0) is 0 Å². The maximum Gasteiger partial charge on any atom is 0.0102 e. The Bertz CT molecular complexity index is 204. The summed E-state index contributed by atoms with van der Waals surface area (Å²) in [5.74, 6) is 0. The van der Waals surface area contributed by atoms with Crippen molar-refractivity contribution in [3.8, 4) is 0 Å². The number of rotatable bonds is 0. The van der Waals surface area contributed by atoms with Gasteiger partial charge in [0.1, 0.15) is 0 Å². The number of hydrogen-bond acceptors (Lipinski definition) is 2. The summed E-state index contributed by atoms with van der Waals surface area (Å²) in [6.45, 7) is 5.48. The van der Waals surface area contributed by atoms with E-state index < -0.39 is 0 Å². The van der Waals surface area contributed by atoms with Crippen LogP contribution in [-0.4, -0.2) is 49.1 Å². The largest absolute Gasteiger partial charge is 0.306 e. The van der Waals surface area contributed by atoms with Crippen LogP contribution in [0.3, 0.4) is 0 Å². The Balaban J connectivity index is 1.68. The maximum absolute atomic E-state index is 2.77. The first kappa shape index (κ1) is 9.17. The summed E-state index contributed by atoms with van der Waals surface area (Å²) >= 11 is 0. The Morgan fingerprint density at radius 1 is 1.14 bits per heavy atom. The van der Waals surface area contributed by atoms with Crippen LogP contribution < -0.4 is 0 Å². The van der Waals surface area contributed by atoms with Crippen molar-refractivity contribution in [3.63, 3.8) is 0 Å². The monoisotopic (exact) mass is 194 g/mol. The van der Waals surface area contributed by atoms with Crippen LogP contribution in [0.5, 0.6) is 0 Å². The van der Waals surface area contributed by atoms with Crippen LogP contribution in [0.15, 0.2) is 0 Å². The topological polar surface area (TPSA) is 6.48 Å². The predicted molar refractivity (Wildman–Crippen MR) is 58.4 cm³/mol. The molecule has 1 unspecified atom stereocenters. The van der Waals surface area contributed by atoms with Crippen LogP contribution in [0, 0.1) is 5.41 Å². The molecule has 3 aliphatic rings. The molecule has 3 fully saturated rings. The molecule has 1 spiro atoms. The first-order valence-corrected chi connectivity index (χ1v) is 6.20. The van der Waals surface area contributed by atoms with E-state index in [2.05, 4.69) is 16.8 Å². The molecule has 3 heterocycles. The van der Waals surface area contributed by atoms with Gasteiger partial charge in [-0.25, -0.2) is 0 Å². The van der Waals surface area contributed by atoms with Crippen molar-refractivity contribution in [1.82, 2.24) is 9.80 Å². The highest BCUT2D eigenvalue weighted by Crippen LogP contribution is 2.46. The Morgan fingerprint density at radius 3 is 2.64 bits per heavy atom. The zero-order chi connectivity index (χ0) is 9.60. The molecular formula is C12H22N2. The summed E-state index contributed by atoms with van der Waals surface area (Å²) in [5, 5.41) is 0. The molecule has 0 aromatic carbocycles. The minimum absolute atomic E-state index is 0.734. The van der Waals surface area contributed by atoms with Crippen LogP contribution in [0.25, 0.3) is 0 Å². The van der Waals surface area contributed by atoms with Gasteiger partial charge in [0.15, 0.2) is 0 Å². The van der Waals surface area contributed by atoms with Gasteiger partial charge in [0.05, 0.1) is 0 Å². The molecule has 1 atom stereocenters. The van der Waals surface area contributed by atoms with Crippen LogP contribution in [0.4, 0.5) is 0 Å². The smallest absolute Gasteiger partial charge is 0.0102 e. The van der Waals surface area contributed by atoms with E-state index in [-0.39, 0.29) is 0 Å². The summed E-state index contributed by atoms with van der Waals surface area (Å²) in [5.41, 5.74) is 0.734. The van der Waals surface area contributed by atoms with E-state index in [1.807, 2.05) is 0 Å². The third-order valence-corrected chi connectivity index (χ3v) is 4.75. The first-order chi connectivity index (χ1) is 6.77. The van der Waals surface area contributed by atoms with Crippen molar-refractivity contribution in [2.75, 3.05) is 33.2 Å². The molecule has 0 aromatic rings. The Hall–Kier alpha value is -0.0800. The first-order valence-electron chi connectivity index (χ1n) is 6.20.